The van der Waals surface area contributed by atoms with Crippen LogP contribution in [-0.2, 0) is 4.74 Å². The average molecular weight is 251 g/mol. The van der Waals surface area contributed by atoms with Gasteiger partial charge in [-0.1, -0.05) is 6.92 Å². The Labute approximate surface area is 112 Å². The van der Waals surface area contributed by atoms with Crippen molar-refractivity contribution in [1.82, 2.24) is 5.32 Å². The molecule has 3 aliphatic rings. The maximum absolute atomic E-state index is 5.90. The van der Waals surface area contributed by atoms with Gasteiger partial charge >= 0.3 is 0 Å². The van der Waals surface area contributed by atoms with E-state index in [2.05, 4.69) is 26.1 Å². The third-order valence-corrected chi connectivity index (χ3v) is 5.53. The molecule has 1 N–H and O–H groups in total. The first kappa shape index (κ1) is 12.9. The monoisotopic (exact) mass is 251 g/mol. The quantitative estimate of drug-likeness (QED) is 0.751. The molecular formula is C16H29NO. The van der Waals surface area contributed by atoms with Crippen LogP contribution < -0.4 is 5.32 Å². The molecule has 3 aliphatic carbocycles. The van der Waals surface area contributed by atoms with Crippen molar-refractivity contribution in [2.75, 3.05) is 13.2 Å². The fourth-order valence-corrected chi connectivity index (χ4v) is 4.86. The number of fused-ring (bicyclic) bond motifs is 5. The van der Waals surface area contributed by atoms with Crippen molar-refractivity contribution in [3.8, 4) is 0 Å². The second-order valence-corrected chi connectivity index (χ2v) is 7.01. The SMILES string of the molecule is CCCNC(COC(C)C)C1C2C3CCC(C3)C21. The van der Waals surface area contributed by atoms with Crippen LogP contribution in [0.4, 0.5) is 0 Å². The molecule has 5 atom stereocenters. The summed E-state index contributed by atoms with van der Waals surface area (Å²) in [7, 11) is 0. The molecular weight excluding hydrogens is 222 g/mol. The molecule has 0 heterocycles. The lowest BCUT2D eigenvalue weighted by molar-refractivity contribution is 0.0530. The summed E-state index contributed by atoms with van der Waals surface area (Å²) in [6.45, 7) is 8.62. The van der Waals surface area contributed by atoms with Gasteiger partial charge in [0.25, 0.3) is 0 Å². The van der Waals surface area contributed by atoms with Gasteiger partial charge in [-0.15, -0.1) is 0 Å². The highest BCUT2D eigenvalue weighted by atomic mass is 16.5. The van der Waals surface area contributed by atoms with Crippen LogP contribution in [-0.4, -0.2) is 25.3 Å². The molecule has 3 fully saturated rings. The van der Waals surface area contributed by atoms with Gasteiger partial charge in [0.05, 0.1) is 12.7 Å². The van der Waals surface area contributed by atoms with E-state index in [0.29, 0.717) is 12.1 Å². The van der Waals surface area contributed by atoms with Gasteiger partial charge in [-0.2, -0.15) is 0 Å². The van der Waals surface area contributed by atoms with Crippen molar-refractivity contribution >= 4 is 0 Å². The predicted molar refractivity (Wildman–Crippen MR) is 74.5 cm³/mol. The normalized spacial score (nSPS) is 42.3. The summed E-state index contributed by atoms with van der Waals surface area (Å²) in [5.74, 6) is 5.23. The molecule has 0 amide bonds. The minimum Gasteiger partial charge on any atom is -0.377 e. The van der Waals surface area contributed by atoms with Crippen LogP contribution in [0.2, 0.25) is 0 Å². The second kappa shape index (κ2) is 5.13. The summed E-state index contributed by atoms with van der Waals surface area (Å²) in [4.78, 5) is 0. The van der Waals surface area contributed by atoms with Crippen molar-refractivity contribution in [3.63, 3.8) is 0 Å². The maximum atomic E-state index is 5.90. The molecule has 0 aromatic heterocycles. The van der Waals surface area contributed by atoms with Crippen molar-refractivity contribution < 1.29 is 4.74 Å². The van der Waals surface area contributed by atoms with E-state index in [9.17, 15) is 0 Å². The Hall–Kier alpha value is -0.0800. The highest BCUT2D eigenvalue weighted by Gasteiger charge is 2.66. The molecule has 104 valence electrons. The first-order valence-electron chi connectivity index (χ1n) is 8.07. The van der Waals surface area contributed by atoms with Crippen molar-refractivity contribution in [2.45, 2.75) is 58.6 Å². The van der Waals surface area contributed by atoms with Gasteiger partial charge in [0.15, 0.2) is 0 Å². The Bertz CT molecular complexity index is 275. The zero-order valence-corrected chi connectivity index (χ0v) is 12.2. The third kappa shape index (κ3) is 2.22. The summed E-state index contributed by atoms with van der Waals surface area (Å²) in [5, 5.41) is 3.76. The molecule has 0 aromatic rings. The number of ether oxygens (including phenoxy) is 1. The Balaban J connectivity index is 1.56. The fourth-order valence-electron chi connectivity index (χ4n) is 4.86. The van der Waals surface area contributed by atoms with Crippen molar-refractivity contribution in [1.29, 1.82) is 0 Å². The van der Waals surface area contributed by atoms with Crippen molar-refractivity contribution in [3.05, 3.63) is 0 Å². The van der Waals surface area contributed by atoms with Crippen LogP contribution in [0.1, 0.15) is 46.5 Å². The van der Waals surface area contributed by atoms with Gasteiger partial charge < -0.3 is 10.1 Å². The van der Waals surface area contributed by atoms with E-state index in [1.165, 1.54) is 19.3 Å². The van der Waals surface area contributed by atoms with E-state index in [4.69, 9.17) is 4.74 Å². The molecule has 2 heteroatoms. The van der Waals surface area contributed by atoms with E-state index in [-0.39, 0.29) is 0 Å². The van der Waals surface area contributed by atoms with Gasteiger partial charge in [-0.3, -0.25) is 0 Å². The summed E-state index contributed by atoms with van der Waals surface area (Å²) in [5.41, 5.74) is 0. The molecule has 2 nitrogen and oxygen atoms in total. The van der Waals surface area contributed by atoms with Crippen LogP contribution in [0.15, 0.2) is 0 Å². The molecule has 3 rings (SSSR count). The van der Waals surface area contributed by atoms with E-state index in [1.807, 2.05) is 0 Å². The number of nitrogens with one attached hydrogen (secondary N) is 1. The summed E-state index contributed by atoms with van der Waals surface area (Å²) < 4.78 is 5.90. The number of hydrogen-bond acceptors (Lipinski definition) is 2. The number of rotatable bonds is 7. The van der Waals surface area contributed by atoms with Crippen LogP contribution >= 0.6 is 0 Å². The molecule has 0 aromatic carbocycles. The standard InChI is InChI=1S/C16H29NO/c1-4-7-17-13(9-18-10(2)3)16-14-11-5-6-12(8-11)15(14)16/h10-17H,4-9H2,1-3H3. The van der Waals surface area contributed by atoms with Crippen molar-refractivity contribution in [2.24, 2.45) is 29.6 Å². The smallest absolute Gasteiger partial charge is 0.0626 e. The molecule has 3 saturated carbocycles. The third-order valence-electron chi connectivity index (χ3n) is 5.53. The predicted octanol–water partition coefficient (Wildman–Crippen LogP) is 3.07. The first-order valence-corrected chi connectivity index (χ1v) is 8.07. The Morgan fingerprint density at radius 2 is 1.83 bits per heavy atom. The highest BCUT2D eigenvalue weighted by molar-refractivity contribution is 5.15. The van der Waals surface area contributed by atoms with Crippen LogP contribution in [0.5, 0.6) is 0 Å². The minimum absolute atomic E-state index is 0.367. The Kier molecular flexibility index (Phi) is 3.68. The molecule has 0 aliphatic heterocycles. The van der Waals surface area contributed by atoms with Crippen LogP contribution in [0.25, 0.3) is 0 Å². The van der Waals surface area contributed by atoms with Gasteiger partial charge in [0, 0.05) is 6.04 Å². The maximum Gasteiger partial charge on any atom is 0.0626 e. The Morgan fingerprint density at radius 3 is 2.39 bits per heavy atom. The summed E-state index contributed by atoms with van der Waals surface area (Å²) in [6, 6.07) is 0.630. The Morgan fingerprint density at radius 1 is 1.17 bits per heavy atom. The second-order valence-electron chi connectivity index (χ2n) is 7.01. The van der Waals surface area contributed by atoms with E-state index in [1.54, 1.807) is 6.42 Å². The minimum atomic E-state index is 0.367. The lowest BCUT2D eigenvalue weighted by Crippen LogP contribution is -2.38. The number of hydrogen-bond donors (Lipinski definition) is 1. The first-order chi connectivity index (χ1) is 8.72. The summed E-state index contributed by atoms with van der Waals surface area (Å²) in [6.07, 6.45) is 6.19. The van der Waals surface area contributed by atoms with Gasteiger partial charge in [0.2, 0.25) is 0 Å². The van der Waals surface area contributed by atoms with E-state index < -0.39 is 0 Å². The van der Waals surface area contributed by atoms with E-state index in [0.717, 1.165) is 42.7 Å². The largest absolute Gasteiger partial charge is 0.377 e. The zero-order valence-electron chi connectivity index (χ0n) is 12.2. The molecule has 18 heavy (non-hydrogen) atoms. The van der Waals surface area contributed by atoms with Crippen LogP contribution in [0.3, 0.4) is 0 Å². The molecule has 0 spiro atoms. The zero-order chi connectivity index (χ0) is 12.7. The lowest BCUT2D eigenvalue weighted by Gasteiger charge is -2.23. The molecule has 2 bridgehead atoms. The van der Waals surface area contributed by atoms with E-state index >= 15 is 0 Å². The topological polar surface area (TPSA) is 21.3 Å². The fraction of sp³-hybridized carbons (Fsp3) is 1.00. The van der Waals surface area contributed by atoms with Gasteiger partial charge in [-0.25, -0.2) is 0 Å². The molecule has 0 saturated heterocycles. The lowest BCUT2D eigenvalue weighted by atomic mass is 9.97. The van der Waals surface area contributed by atoms with Crippen LogP contribution in [0, 0.1) is 29.6 Å². The van der Waals surface area contributed by atoms with Gasteiger partial charge in [0.1, 0.15) is 0 Å². The highest BCUT2D eigenvalue weighted by Crippen LogP contribution is 2.70. The molecule has 0 radical (unpaired) electrons. The van der Waals surface area contributed by atoms with Gasteiger partial charge in [-0.05, 0) is 75.7 Å². The average Bonchev–Trinajstić information content (AvgIpc) is 2.78. The molecule has 5 unspecified atom stereocenters. The summed E-state index contributed by atoms with van der Waals surface area (Å²) >= 11 is 0.